The zero-order chi connectivity index (χ0) is 20.1. The molecular formula is C20H16FNO5S. The van der Waals surface area contributed by atoms with Gasteiger partial charge < -0.3 is 9.47 Å². The highest BCUT2D eigenvalue weighted by Gasteiger charge is 2.36. The molecule has 8 heteroatoms. The number of hydrogen-bond acceptors (Lipinski definition) is 6. The van der Waals surface area contributed by atoms with Crippen LogP contribution in [0, 0.1) is 5.82 Å². The zero-order valence-electron chi connectivity index (χ0n) is 14.9. The van der Waals surface area contributed by atoms with E-state index in [1.807, 2.05) is 0 Å². The molecule has 1 saturated heterocycles. The number of carbonyl (C=O) groups excluding carboxylic acids is 3. The molecule has 0 radical (unpaired) electrons. The summed E-state index contributed by atoms with van der Waals surface area (Å²) in [6.45, 7) is -0.320. The second kappa shape index (κ2) is 8.71. The normalized spacial score (nSPS) is 15.2. The summed E-state index contributed by atoms with van der Waals surface area (Å²) >= 11 is 0.760. The van der Waals surface area contributed by atoms with Gasteiger partial charge in [-0.05, 0) is 41.6 Å². The Kier molecular flexibility index (Phi) is 6.10. The van der Waals surface area contributed by atoms with E-state index in [-0.39, 0.29) is 17.3 Å². The number of hydrogen-bond donors (Lipinski definition) is 0. The second-order valence-electron chi connectivity index (χ2n) is 5.79. The monoisotopic (exact) mass is 401 g/mol. The smallest absolute Gasteiger partial charge is 0.325 e. The number of halogens is 1. The molecule has 0 unspecified atom stereocenters. The second-order valence-corrected chi connectivity index (χ2v) is 6.79. The Hall–Kier alpha value is -3.13. The highest BCUT2D eigenvalue weighted by molar-refractivity contribution is 8.18. The average molecular weight is 401 g/mol. The molecule has 2 amide bonds. The van der Waals surface area contributed by atoms with Crippen molar-refractivity contribution in [1.29, 1.82) is 0 Å². The van der Waals surface area contributed by atoms with Gasteiger partial charge in [-0.1, -0.05) is 30.3 Å². The van der Waals surface area contributed by atoms with Crippen LogP contribution in [0.4, 0.5) is 9.18 Å². The van der Waals surface area contributed by atoms with Crippen molar-refractivity contribution in [2.45, 2.75) is 6.61 Å². The Morgan fingerprint density at radius 1 is 1.14 bits per heavy atom. The van der Waals surface area contributed by atoms with Crippen LogP contribution in [0.3, 0.4) is 0 Å². The first-order valence-electron chi connectivity index (χ1n) is 8.26. The molecule has 2 aromatic rings. The minimum atomic E-state index is -0.667. The maximum Gasteiger partial charge on any atom is 0.325 e. The van der Waals surface area contributed by atoms with Gasteiger partial charge in [0, 0.05) is 5.56 Å². The molecule has 0 saturated carbocycles. The number of benzene rings is 2. The molecule has 3 rings (SSSR count). The van der Waals surface area contributed by atoms with Gasteiger partial charge in [0.2, 0.25) is 0 Å². The van der Waals surface area contributed by atoms with Gasteiger partial charge in [0.25, 0.3) is 11.1 Å². The average Bonchev–Trinajstić information content (AvgIpc) is 2.95. The molecule has 28 heavy (non-hydrogen) atoms. The molecular weight excluding hydrogens is 385 g/mol. The third-order valence-corrected chi connectivity index (χ3v) is 4.83. The van der Waals surface area contributed by atoms with E-state index in [4.69, 9.17) is 4.74 Å². The maximum absolute atomic E-state index is 13.6. The van der Waals surface area contributed by atoms with Gasteiger partial charge in [-0.2, -0.15) is 0 Å². The summed E-state index contributed by atoms with van der Waals surface area (Å²) in [5.74, 6) is -0.999. The number of amides is 2. The van der Waals surface area contributed by atoms with E-state index >= 15 is 0 Å². The fourth-order valence-electron chi connectivity index (χ4n) is 2.42. The highest BCUT2D eigenvalue weighted by atomic mass is 32.2. The summed E-state index contributed by atoms with van der Waals surface area (Å²) in [5.41, 5.74) is 1.13. The summed E-state index contributed by atoms with van der Waals surface area (Å²) in [6.07, 6.45) is 1.56. The van der Waals surface area contributed by atoms with Crippen LogP contribution in [0.2, 0.25) is 0 Å². The highest BCUT2D eigenvalue weighted by Crippen LogP contribution is 2.32. The van der Waals surface area contributed by atoms with Gasteiger partial charge in [-0.25, -0.2) is 4.39 Å². The lowest BCUT2D eigenvalue weighted by Gasteiger charge is -2.09. The largest absolute Gasteiger partial charge is 0.489 e. The van der Waals surface area contributed by atoms with Crippen LogP contribution in [0.15, 0.2) is 53.4 Å². The van der Waals surface area contributed by atoms with E-state index in [9.17, 15) is 18.8 Å². The molecule has 0 spiro atoms. The summed E-state index contributed by atoms with van der Waals surface area (Å²) in [7, 11) is 1.19. The van der Waals surface area contributed by atoms with Gasteiger partial charge in [-0.3, -0.25) is 19.3 Å². The number of ether oxygens (including phenoxy) is 2. The van der Waals surface area contributed by atoms with E-state index in [0.29, 0.717) is 16.9 Å². The van der Waals surface area contributed by atoms with E-state index in [0.717, 1.165) is 16.7 Å². The predicted molar refractivity (Wildman–Crippen MR) is 102 cm³/mol. The van der Waals surface area contributed by atoms with Crippen LogP contribution in [0.1, 0.15) is 11.1 Å². The lowest BCUT2D eigenvalue weighted by atomic mass is 10.2. The first-order chi connectivity index (χ1) is 13.5. The lowest BCUT2D eigenvalue weighted by Crippen LogP contribution is -2.34. The first kappa shape index (κ1) is 19.6. The Bertz CT molecular complexity index is 942. The number of rotatable bonds is 6. The zero-order valence-corrected chi connectivity index (χ0v) is 15.7. The Morgan fingerprint density at radius 2 is 1.86 bits per heavy atom. The van der Waals surface area contributed by atoms with E-state index in [2.05, 4.69) is 4.74 Å². The topological polar surface area (TPSA) is 72.9 Å². The fraction of sp³-hybridized carbons (Fsp3) is 0.150. The summed E-state index contributed by atoms with van der Waals surface area (Å²) in [5, 5.41) is -0.522. The number of imide groups is 1. The molecule has 1 aliphatic rings. The summed E-state index contributed by atoms with van der Waals surface area (Å²) in [4.78, 5) is 36.6. The van der Waals surface area contributed by atoms with Crippen LogP contribution in [0.5, 0.6) is 5.75 Å². The van der Waals surface area contributed by atoms with Gasteiger partial charge in [-0.15, -0.1) is 0 Å². The molecule has 1 fully saturated rings. The SMILES string of the molecule is COC(=O)CN1C(=O)S/C(=C\c2ccc(OCc3ccccc3F)cc2)C1=O. The molecule has 2 aromatic carbocycles. The van der Waals surface area contributed by atoms with Crippen molar-refractivity contribution < 1.29 is 28.2 Å². The molecule has 144 valence electrons. The number of thioether (sulfide) groups is 1. The number of nitrogens with zero attached hydrogens (tertiary/aromatic N) is 1. The Balaban J connectivity index is 1.65. The van der Waals surface area contributed by atoms with Gasteiger partial charge >= 0.3 is 5.97 Å². The molecule has 1 aliphatic heterocycles. The standard InChI is InChI=1S/C20H16FNO5S/c1-26-18(23)11-22-19(24)17(28-20(22)25)10-13-6-8-15(9-7-13)27-12-14-4-2-3-5-16(14)21/h2-10H,11-12H2,1H3/b17-10-. The van der Waals surface area contributed by atoms with Crippen LogP contribution >= 0.6 is 11.8 Å². The Labute approximate surface area is 164 Å². The molecule has 0 aromatic heterocycles. The lowest BCUT2D eigenvalue weighted by molar-refractivity contribution is -0.143. The first-order valence-corrected chi connectivity index (χ1v) is 9.08. The van der Waals surface area contributed by atoms with E-state index in [1.54, 1.807) is 48.5 Å². The van der Waals surface area contributed by atoms with E-state index < -0.39 is 23.7 Å². The molecule has 0 N–H and O–H groups in total. The van der Waals surface area contributed by atoms with Crippen molar-refractivity contribution in [2.24, 2.45) is 0 Å². The minimum Gasteiger partial charge on any atom is -0.489 e. The minimum absolute atomic E-state index is 0.0957. The van der Waals surface area contributed by atoms with Crippen LogP contribution < -0.4 is 4.74 Å². The van der Waals surface area contributed by atoms with Crippen LogP contribution in [0.25, 0.3) is 6.08 Å². The predicted octanol–water partition coefficient (Wildman–Crippen LogP) is 3.61. The van der Waals surface area contributed by atoms with Crippen molar-refractivity contribution in [3.05, 3.63) is 70.4 Å². The Morgan fingerprint density at radius 3 is 2.54 bits per heavy atom. The molecule has 0 aliphatic carbocycles. The van der Waals surface area contributed by atoms with E-state index in [1.165, 1.54) is 13.2 Å². The quantitative estimate of drug-likeness (QED) is 0.544. The van der Waals surface area contributed by atoms with Crippen molar-refractivity contribution >= 4 is 35.0 Å². The molecule has 6 nitrogen and oxygen atoms in total. The van der Waals surface area contributed by atoms with Gasteiger partial charge in [0.1, 0.15) is 24.7 Å². The maximum atomic E-state index is 13.6. The summed E-state index contributed by atoms with van der Waals surface area (Å²) < 4.78 is 23.7. The van der Waals surface area contributed by atoms with Crippen LogP contribution in [-0.4, -0.2) is 35.7 Å². The number of methoxy groups -OCH3 is 1. The van der Waals surface area contributed by atoms with Crippen molar-refractivity contribution in [3.8, 4) is 5.75 Å². The third kappa shape index (κ3) is 4.58. The van der Waals surface area contributed by atoms with Crippen LogP contribution in [-0.2, 0) is 20.9 Å². The van der Waals surface area contributed by atoms with Crippen molar-refractivity contribution in [2.75, 3.05) is 13.7 Å². The van der Waals surface area contributed by atoms with Crippen molar-refractivity contribution in [1.82, 2.24) is 4.90 Å². The van der Waals surface area contributed by atoms with Gasteiger partial charge in [0.15, 0.2) is 0 Å². The molecule has 0 bridgehead atoms. The fourth-order valence-corrected chi connectivity index (χ4v) is 3.26. The van der Waals surface area contributed by atoms with Gasteiger partial charge in [0.05, 0.1) is 12.0 Å². The molecule has 0 atom stereocenters. The summed E-state index contributed by atoms with van der Waals surface area (Å²) in [6, 6.07) is 13.2. The van der Waals surface area contributed by atoms with Crippen molar-refractivity contribution in [3.63, 3.8) is 0 Å². The number of carbonyl (C=O) groups is 3. The third-order valence-electron chi connectivity index (χ3n) is 3.92. The molecule has 1 heterocycles. The number of esters is 1.